The van der Waals surface area contributed by atoms with Gasteiger partial charge in [0.1, 0.15) is 12.4 Å². The lowest BCUT2D eigenvalue weighted by Crippen LogP contribution is -2.36. The van der Waals surface area contributed by atoms with Gasteiger partial charge in [0, 0.05) is 24.8 Å². The molecule has 198 valence electrons. The fourth-order valence-corrected chi connectivity index (χ4v) is 4.00. The quantitative estimate of drug-likeness (QED) is 0.251. The van der Waals surface area contributed by atoms with Crippen molar-refractivity contribution in [1.82, 2.24) is 0 Å². The summed E-state index contributed by atoms with van der Waals surface area (Å²) in [5, 5.41) is 3.21. The molecule has 0 radical (unpaired) electrons. The number of methoxy groups -OCH3 is 1. The molecule has 3 rings (SSSR count). The maximum atomic E-state index is 13.1. The molecule has 0 aliphatic heterocycles. The van der Waals surface area contributed by atoms with Crippen molar-refractivity contribution in [2.24, 2.45) is 0 Å². The molecular formula is C29H30ClN3O5. The second kappa shape index (κ2) is 13.3. The molecule has 1 N–H and O–H groups in total. The molecule has 3 aromatic carbocycles. The van der Waals surface area contributed by atoms with E-state index in [0.29, 0.717) is 33.4 Å². The number of aryl methyl sites for hydroxylation is 1. The van der Waals surface area contributed by atoms with E-state index in [2.05, 4.69) is 16.6 Å². The molecule has 38 heavy (non-hydrogen) atoms. The average Bonchev–Trinajstić information content (AvgIpc) is 2.91. The molecule has 8 nitrogen and oxygen atoms in total. The number of urea groups is 1. The van der Waals surface area contributed by atoms with E-state index in [9.17, 15) is 14.4 Å². The van der Waals surface area contributed by atoms with Gasteiger partial charge in [-0.15, -0.1) is 6.58 Å². The summed E-state index contributed by atoms with van der Waals surface area (Å²) in [5.41, 5.74) is 3.08. The van der Waals surface area contributed by atoms with E-state index in [0.717, 1.165) is 5.56 Å². The molecule has 0 atom stereocenters. The van der Waals surface area contributed by atoms with Crippen LogP contribution in [-0.2, 0) is 9.53 Å². The van der Waals surface area contributed by atoms with E-state index in [1.807, 2.05) is 31.2 Å². The number of hydrogen-bond donors (Lipinski definition) is 1. The van der Waals surface area contributed by atoms with Gasteiger partial charge < -0.3 is 19.7 Å². The van der Waals surface area contributed by atoms with Crippen LogP contribution in [0.1, 0.15) is 22.8 Å². The summed E-state index contributed by atoms with van der Waals surface area (Å²) in [5.74, 6) is -0.0769. The van der Waals surface area contributed by atoms with Crippen LogP contribution in [0.25, 0.3) is 0 Å². The zero-order valence-electron chi connectivity index (χ0n) is 21.6. The highest BCUT2D eigenvalue weighted by Crippen LogP contribution is 2.31. The lowest BCUT2D eigenvalue weighted by atomic mass is 10.2. The summed E-state index contributed by atoms with van der Waals surface area (Å²) in [6.07, 6.45) is 1.61. The van der Waals surface area contributed by atoms with Gasteiger partial charge in [-0.2, -0.15) is 0 Å². The molecule has 0 unspecified atom stereocenters. The van der Waals surface area contributed by atoms with Gasteiger partial charge in [-0.25, -0.2) is 9.59 Å². The van der Waals surface area contributed by atoms with E-state index in [1.54, 1.807) is 48.5 Å². The summed E-state index contributed by atoms with van der Waals surface area (Å²) in [6, 6.07) is 18.7. The van der Waals surface area contributed by atoms with Crippen LogP contribution in [0, 0.1) is 6.92 Å². The van der Waals surface area contributed by atoms with Crippen molar-refractivity contribution in [2.75, 3.05) is 41.9 Å². The third-order valence-electron chi connectivity index (χ3n) is 5.72. The Morgan fingerprint density at radius 3 is 2.34 bits per heavy atom. The van der Waals surface area contributed by atoms with Crippen molar-refractivity contribution in [3.63, 3.8) is 0 Å². The summed E-state index contributed by atoms with van der Waals surface area (Å²) in [7, 11) is 1.32. The van der Waals surface area contributed by atoms with Gasteiger partial charge in [0.15, 0.2) is 0 Å². The Hall–Kier alpha value is -4.30. The number of nitrogens with one attached hydrogen (secondary N) is 1. The third-order valence-corrected chi connectivity index (χ3v) is 6.02. The number of para-hydroxylation sites is 1. The highest BCUT2D eigenvalue weighted by Gasteiger charge is 2.20. The maximum absolute atomic E-state index is 13.1. The van der Waals surface area contributed by atoms with Crippen LogP contribution in [0.3, 0.4) is 0 Å². The lowest BCUT2D eigenvalue weighted by Gasteiger charge is -2.26. The van der Waals surface area contributed by atoms with Crippen molar-refractivity contribution in [1.29, 1.82) is 0 Å². The Kier molecular flexibility index (Phi) is 9.90. The van der Waals surface area contributed by atoms with Crippen LogP contribution >= 0.6 is 11.6 Å². The lowest BCUT2D eigenvalue weighted by molar-refractivity contribution is -0.116. The minimum Gasteiger partial charge on any atom is -0.492 e. The largest absolute Gasteiger partial charge is 0.492 e. The van der Waals surface area contributed by atoms with Crippen LogP contribution < -0.4 is 19.9 Å². The maximum Gasteiger partial charge on any atom is 0.337 e. The van der Waals surface area contributed by atoms with E-state index in [-0.39, 0.29) is 31.6 Å². The number of nitrogens with zero attached hydrogens (tertiary/aromatic N) is 2. The van der Waals surface area contributed by atoms with Crippen molar-refractivity contribution >= 4 is 46.6 Å². The van der Waals surface area contributed by atoms with Gasteiger partial charge in [-0.3, -0.25) is 9.69 Å². The first-order valence-corrected chi connectivity index (χ1v) is 12.3. The van der Waals surface area contributed by atoms with Gasteiger partial charge in [0.25, 0.3) is 0 Å². The van der Waals surface area contributed by atoms with Gasteiger partial charge in [0.2, 0.25) is 5.91 Å². The molecule has 3 amide bonds. The molecule has 0 spiro atoms. The van der Waals surface area contributed by atoms with Crippen molar-refractivity contribution in [2.45, 2.75) is 13.8 Å². The molecule has 0 aliphatic rings. The fraction of sp³-hybridized carbons (Fsp3) is 0.207. The number of hydrogen-bond acceptors (Lipinski definition) is 5. The van der Waals surface area contributed by atoms with E-state index < -0.39 is 5.97 Å². The second-order valence-corrected chi connectivity index (χ2v) is 8.72. The van der Waals surface area contributed by atoms with Gasteiger partial charge >= 0.3 is 12.0 Å². The number of benzene rings is 3. The molecule has 0 saturated heterocycles. The predicted molar refractivity (Wildman–Crippen MR) is 150 cm³/mol. The number of ether oxygens (including phenoxy) is 2. The number of amides is 3. The Morgan fingerprint density at radius 2 is 1.74 bits per heavy atom. The summed E-state index contributed by atoms with van der Waals surface area (Å²) in [6.45, 7) is 7.81. The molecule has 9 heteroatoms. The topological polar surface area (TPSA) is 88.2 Å². The van der Waals surface area contributed by atoms with Crippen molar-refractivity contribution < 1.29 is 23.9 Å². The first kappa shape index (κ1) is 28.3. The standard InChI is InChI=1S/C29H30ClN3O5/c1-5-16-33(29(36)31-26-9-7-6-8-20(26)2)27-15-12-23(19-25(27)30)32(21(3)34)17-18-38-24-13-10-22(11-14-24)28(35)37-4/h5-15,19H,1,16-18H2,2-4H3,(H,31,36). The number of rotatable bonds is 10. The monoisotopic (exact) mass is 535 g/mol. The van der Waals surface area contributed by atoms with Crippen LogP contribution in [0.2, 0.25) is 5.02 Å². The average molecular weight is 536 g/mol. The predicted octanol–water partition coefficient (Wildman–Crippen LogP) is 6.09. The molecule has 0 saturated carbocycles. The zero-order chi connectivity index (χ0) is 27.7. The van der Waals surface area contributed by atoms with Crippen LogP contribution in [0.5, 0.6) is 5.75 Å². The SMILES string of the molecule is C=CCN(C(=O)Nc1ccccc1C)c1ccc(N(CCOc2ccc(C(=O)OC)cc2)C(C)=O)cc1Cl. The first-order chi connectivity index (χ1) is 18.2. The normalized spacial score (nSPS) is 10.3. The Labute approximate surface area is 227 Å². The molecular weight excluding hydrogens is 506 g/mol. The molecule has 0 fully saturated rings. The number of anilines is 3. The van der Waals surface area contributed by atoms with Gasteiger partial charge in [0.05, 0.1) is 29.9 Å². The summed E-state index contributed by atoms with van der Waals surface area (Å²) >= 11 is 6.61. The molecule has 3 aromatic rings. The molecule has 0 bridgehead atoms. The van der Waals surface area contributed by atoms with Crippen molar-refractivity contribution in [3.8, 4) is 5.75 Å². The first-order valence-electron chi connectivity index (χ1n) is 11.9. The van der Waals surface area contributed by atoms with E-state index in [4.69, 9.17) is 16.3 Å². The minimum absolute atomic E-state index is 0.196. The Morgan fingerprint density at radius 1 is 1.03 bits per heavy atom. The third kappa shape index (κ3) is 7.14. The fourth-order valence-electron chi connectivity index (χ4n) is 3.73. The smallest absolute Gasteiger partial charge is 0.337 e. The van der Waals surface area contributed by atoms with E-state index >= 15 is 0 Å². The number of carbonyl (C=O) groups is 3. The van der Waals surface area contributed by atoms with Crippen LogP contribution in [0.15, 0.2) is 79.4 Å². The van der Waals surface area contributed by atoms with E-state index in [1.165, 1.54) is 23.8 Å². The Balaban J connectivity index is 1.72. The molecule has 0 aromatic heterocycles. The van der Waals surface area contributed by atoms with Gasteiger partial charge in [-0.1, -0.05) is 35.9 Å². The highest BCUT2D eigenvalue weighted by molar-refractivity contribution is 6.34. The minimum atomic E-state index is -0.432. The van der Waals surface area contributed by atoms with Crippen LogP contribution in [0.4, 0.5) is 21.9 Å². The number of esters is 1. The summed E-state index contributed by atoms with van der Waals surface area (Å²) in [4.78, 5) is 40.1. The number of carbonyl (C=O) groups excluding carboxylic acids is 3. The van der Waals surface area contributed by atoms with Crippen LogP contribution in [-0.4, -0.2) is 44.7 Å². The highest BCUT2D eigenvalue weighted by atomic mass is 35.5. The molecule has 0 heterocycles. The zero-order valence-corrected chi connectivity index (χ0v) is 22.3. The summed E-state index contributed by atoms with van der Waals surface area (Å²) < 4.78 is 10.4. The van der Waals surface area contributed by atoms with Crippen molar-refractivity contribution in [3.05, 3.63) is 95.5 Å². The second-order valence-electron chi connectivity index (χ2n) is 8.32. The van der Waals surface area contributed by atoms with Gasteiger partial charge in [-0.05, 0) is 61.0 Å². The number of halogens is 1. The Bertz CT molecular complexity index is 1310. The molecule has 0 aliphatic carbocycles.